The zero-order chi connectivity index (χ0) is 14.5. The van der Waals surface area contributed by atoms with Crippen LogP contribution in [-0.2, 0) is 0 Å². The van der Waals surface area contributed by atoms with E-state index in [-0.39, 0.29) is 12.6 Å². The van der Waals surface area contributed by atoms with Gasteiger partial charge in [0, 0.05) is 6.54 Å². The van der Waals surface area contributed by atoms with Crippen LogP contribution in [0, 0.1) is 0 Å². The quantitative estimate of drug-likeness (QED) is 0.748. The number of fused-ring (bicyclic) bond motifs is 1. The Morgan fingerprint density at radius 1 is 0.810 bits per heavy atom. The number of benzene rings is 3. The molecular weight excluding hydrogens is 258 g/mol. The smallest absolute Gasteiger partial charge is 0.0583 e. The lowest BCUT2D eigenvalue weighted by Gasteiger charge is -2.21. The molecule has 0 aliphatic heterocycles. The molecule has 3 aromatic carbocycles. The van der Waals surface area contributed by atoms with E-state index in [2.05, 4.69) is 59.9 Å². The molecule has 3 rings (SSSR count). The van der Waals surface area contributed by atoms with Gasteiger partial charge in [0.1, 0.15) is 0 Å². The van der Waals surface area contributed by atoms with Gasteiger partial charge in [0.25, 0.3) is 0 Å². The minimum atomic E-state index is 0.0875. The Morgan fingerprint density at radius 2 is 1.52 bits per heavy atom. The topological polar surface area (TPSA) is 32.3 Å². The van der Waals surface area contributed by atoms with Crippen molar-refractivity contribution in [3.05, 3.63) is 83.9 Å². The fraction of sp³-hybridized carbons (Fsp3) is 0.158. The van der Waals surface area contributed by atoms with Gasteiger partial charge >= 0.3 is 0 Å². The highest BCUT2D eigenvalue weighted by atomic mass is 16.3. The maximum absolute atomic E-state index is 9.16. The second-order valence-corrected chi connectivity index (χ2v) is 5.09. The average molecular weight is 277 g/mol. The number of aliphatic hydroxyl groups is 1. The third-order valence-electron chi connectivity index (χ3n) is 3.73. The summed E-state index contributed by atoms with van der Waals surface area (Å²) in [7, 11) is 0. The van der Waals surface area contributed by atoms with Crippen LogP contribution in [0.1, 0.15) is 17.2 Å². The third-order valence-corrected chi connectivity index (χ3v) is 3.73. The molecular formula is C19H19NO. The van der Waals surface area contributed by atoms with Crippen LogP contribution in [0.25, 0.3) is 10.8 Å². The molecule has 2 nitrogen and oxygen atoms in total. The highest BCUT2D eigenvalue weighted by molar-refractivity contribution is 5.86. The van der Waals surface area contributed by atoms with E-state index in [0.29, 0.717) is 6.54 Å². The predicted octanol–water partition coefficient (Wildman–Crippen LogP) is 3.51. The molecule has 0 aromatic heterocycles. The summed E-state index contributed by atoms with van der Waals surface area (Å²) in [5, 5.41) is 15.1. The first-order chi connectivity index (χ1) is 10.4. The van der Waals surface area contributed by atoms with E-state index in [1.54, 1.807) is 0 Å². The molecule has 0 spiro atoms. The fourth-order valence-electron chi connectivity index (χ4n) is 2.76. The second-order valence-electron chi connectivity index (χ2n) is 5.09. The van der Waals surface area contributed by atoms with E-state index < -0.39 is 0 Å². The van der Waals surface area contributed by atoms with Gasteiger partial charge in [-0.15, -0.1) is 0 Å². The van der Waals surface area contributed by atoms with Gasteiger partial charge in [0.05, 0.1) is 12.6 Å². The van der Waals surface area contributed by atoms with Crippen LogP contribution in [0.15, 0.2) is 72.8 Å². The minimum Gasteiger partial charge on any atom is -0.395 e. The van der Waals surface area contributed by atoms with Crippen molar-refractivity contribution < 1.29 is 5.11 Å². The largest absolute Gasteiger partial charge is 0.395 e. The molecule has 0 fully saturated rings. The molecule has 0 heterocycles. The SMILES string of the molecule is OCCNC(c1ccccc1)c1cccc2ccccc12. The molecule has 0 aliphatic rings. The van der Waals surface area contributed by atoms with Crippen LogP contribution < -0.4 is 5.32 Å². The van der Waals surface area contributed by atoms with Crippen LogP contribution in [-0.4, -0.2) is 18.3 Å². The zero-order valence-electron chi connectivity index (χ0n) is 11.9. The third kappa shape index (κ3) is 2.97. The lowest BCUT2D eigenvalue weighted by Crippen LogP contribution is -2.25. The first-order valence-electron chi connectivity index (χ1n) is 7.27. The summed E-state index contributed by atoms with van der Waals surface area (Å²) in [4.78, 5) is 0. The minimum absolute atomic E-state index is 0.0875. The molecule has 21 heavy (non-hydrogen) atoms. The number of aliphatic hydroxyl groups excluding tert-OH is 1. The van der Waals surface area contributed by atoms with E-state index in [1.165, 1.54) is 21.9 Å². The van der Waals surface area contributed by atoms with E-state index in [0.717, 1.165) is 0 Å². The molecule has 0 saturated heterocycles. The Morgan fingerprint density at radius 3 is 2.33 bits per heavy atom. The van der Waals surface area contributed by atoms with E-state index in [1.807, 2.05) is 18.2 Å². The Labute approximate surface area is 125 Å². The van der Waals surface area contributed by atoms with Gasteiger partial charge in [-0.25, -0.2) is 0 Å². The summed E-state index contributed by atoms with van der Waals surface area (Å²) in [5.41, 5.74) is 2.45. The molecule has 2 heteroatoms. The van der Waals surface area contributed by atoms with E-state index >= 15 is 0 Å². The van der Waals surface area contributed by atoms with Gasteiger partial charge in [-0.1, -0.05) is 72.8 Å². The van der Waals surface area contributed by atoms with Crippen molar-refractivity contribution in [2.45, 2.75) is 6.04 Å². The first-order valence-corrected chi connectivity index (χ1v) is 7.27. The summed E-state index contributed by atoms with van der Waals surface area (Å²) in [5.74, 6) is 0. The van der Waals surface area contributed by atoms with Crippen LogP contribution in [0.4, 0.5) is 0 Å². The summed E-state index contributed by atoms with van der Waals surface area (Å²) in [6, 6.07) is 25.3. The van der Waals surface area contributed by atoms with Crippen LogP contribution in [0.2, 0.25) is 0 Å². The molecule has 0 saturated carbocycles. The molecule has 2 N–H and O–H groups in total. The van der Waals surface area contributed by atoms with Gasteiger partial charge < -0.3 is 10.4 Å². The van der Waals surface area contributed by atoms with Crippen LogP contribution in [0.3, 0.4) is 0 Å². The lowest BCUT2D eigenvalue weighted by atomic mass is 9.94. The highest BCUT2D eigenvalue weighted by Gasteiger charge is 2.15. The summed E-state index contributed by atoms with van der Waals surface area (Å²) in [6.45, 7) is 0.705. The van der Waals surface area contributed by atoms with Crippen molar-refractivity contribution >= 4 is 10.8 Å². The maximum atomic E-state index is 9.16. The summed E-state index contributed by atoms with van der Waals surface area (Å²) in [6.07, 6.45) is 0. The Kier molecular flexibility index (Phi) is 4.29. The predicted molar refractivity (Wildman–Crippen MR) is 87.3 cm³/mol. The number of hydrogen-bond donors (Lipinski definition) is 2. The number of nitrogens with one attached hydrogen (secondary N) is 1. The lowest BCUT2D eigenvalue weighted by molar-refractivity contribution is 0.288. The van der Waals surface area contributed by atoms with Crippen molar-refractivity contribution in [3.63, 3.8) is 0 Å². The normalized spacial score (nSPS) is 12.4. The maximum Gasteiger partial charge on any atom is 0.0583 e. The summed E-state index contributed by atoms with van der Waals surface area (Å²) >= 11 is 0. The molecule has 0 radical (unpaired) electrons. The van der Waals surface area contributed by atoms with Crippen LogP contribution >= 0.6 is 0 Å². The highest BCUT2D eigenvalue weighted by Crippen LogP contribution is 2.28. The van der Waals surface area contributed by atoms with Crippen molar-refractivity contribution in [1.29, 1.82) is 0 Å². The molecule has 0 amide bonds. The second kappa shape index (κ2) is 6.53. The Bertz CT molecular complexity index is 704. The van der Waals surface area contributed by atoms with Crippen molar-refractivity contribution in [2.75, 3.05) is 13.2 Å². The molecule has 0 bridgehead atoms. The first kappa shape index (κ1) is 13.8. The zero-order valence-corrected chi connectivity index (χ0v) is 11.9. The molecule has 0 aliphatic carbocycles. The molecule has 1 unspecified atom stereocenters. The Balaban J connectivity index is 2.10. The Hall–Kier alpha value is -2.16. The van der Waals surface area contributed by atoms with Gasteiger partial charge in [0.15, 0.2) is 0 Å². The van der Waals surface area contributed by atoms with E-state index in [9.17, 15) is 0 Å². The summed E-state index contributed by atoms with van der Waals surface area (Å²) < 4.78 is 0. The van der Waals surface area contributed by atoms with Crippen LogP contribution in [0.5, 0.6) is 0 Å². The van der Waals surface area contributed by atoms with Crippen molar-refractivity contribution in [1.82, 2.24) is 5.32 Å². The van der Waals surface area contributed by atoms with Gasteiger partial charge in [-0.05, 0) is 21.9 Å². The van der Waals surface area contributed by atoms with Gasteiger partial charge in [-0.3, -0.25) is 0 Å². The van der Waals surface area contributed by atoms with Gasteiger partial charge in [0.2, 0.25) is 0 Å². The molecule has 3 aromatic rings. The number of rotatable bonds is 5. The monoisotopic (exact) mass is 277 g/mol. The standard InChI is InChI=1S/C19H19NO/c21-14-13-20-19(16-8-2-1-3-9-16)18-12-6-10-15-7-4-5-11-17(15)18/h1-12,19-21H,13-14H2. The van der Waals surface area contributed by atoms with Crippen molar-refractivity contribution in [2.24, 2.45) is 0 Å². The molecule has 1 atom stereocenters. The van der Waals surface area contributed by atoms with Crippen molar-refractivity contribution in [3.8, 4) is 0 Å². The fourth-order valence-corrected chi connectivity index (χ4v) is 2.76. The molecule has 106 valence electrons. The number of hydrogen-bond acceptors (Lipinski definition) is 2. The van der Waals surface area contributed by atoms with E-state index in [4.69, 9.17) is 5.11 Å². The average Bonchev–Trinajstić information content (AvgIpc) is 2.56. The van der Waals surface area contributed by atoms with Gasteiger partial charge in [-0.2, -0.15) is 0 Å².